The lowest BCUT2D eigenvalue weighted by Crippen LogP contribution is -2.06. The Balaban J connectivity index is 2.44. The maximum atomic E-state index is 10.2. The lowest BCUT2D eigenvalue weighted by Gasteiger charge is -2.13. The Morgan fingerprint density at radius 2 is 2.06 bits per heavy atom. The van der Waals surface area contributed by atoms with Crippen molar-refractivity contribution in [2.24, 2.45) is 0 Å². The summed E-state index contributed by atoms with van der Waals surface area (Å²) in [6.07, 6.45) is 4.99. The summed E-state index contributed by atoms with van der Waals surface area (Å²) in [5.41, 5.74) is 0.837. The Morgan fingerprint density at radius 1 is 1.29 bits per heavy atom. The number of aromatic nitrogens is 3. The van der Waals surface area contributed by atoms with Crippen LogP contribution in [0, 0.1) is 0 Å². The summed E-state index contributed by atoms with van der Waals surface area (Å²) in [4.78, 5) is 11.9. The predicted molar refractivity (Wildman–Crippen MR) is 61.9 cm³/mol. The molecule has 6 heteroatoms. The van der Waals surface area contributed by atoms with Crippen LogP contribution in [-0.4, -0.2) is 27.2 Å². The summed E-state index contributed by atoms with van der Waals surface area (Å²) < 4.78 is 5.04. The molecule has 2 aromatic heterocycles. The summed E-state index contributed by atoms with van der Waals surface area (Å²) in [5, 5.41) is 10.6. The van der Waals surface area contributed by atoms with E-state index in [4.69, 9.17) is 16.3 Å². The molecule has 0 spiro atoms. The molecule has 0 amide bonds. The zero-order chi connectivity index (χ0) is 12.3. The van der Waals surface area contributed by atoms with Crippen LogP contribution < -0.4 is 4.74 Å². The lowest BCUT2D eigenvalue weighted by atomic mass is 10.1. The number of halogens is 1. The van der Waals surface area contributed by atoms with Crippen molar-refractivity contribution in [3.8, 4) is 5.88 Å². The first-order valence-electron chi connectivity index (χ1n) is 4.86. The molecule has 0 aliphatic heterocycles. The average Bonchev–Trinajstić information content (AvgIpc) is 2.38. The van der Waals surface area contributed by atoms with Crippen LogP contribution in [0.15, 0.2) is 30.9 Å². The Bertz CT molecular complexity index is 522. The Labute approximate surface area is 103 Å². The fourth-order valence-electron chi connectivity index (χ4n) is 1.44. The normalized spacial score (nSPS) is 12.2. The topological polar surface area (TPSA) is 68.1 Å². The van der Waals surface area contributed by atoms with Crippen LogP contribution in [-0.2, 0) is 0 Å². The standard InChI is InChI=1S/C11H10ClN3O2/c1-17-11-9(14-4-5-15-11)10(16)7-2-3-13-6-8(7)12/h2-6,10,16H,1H3. The van der Waals surface area contributed by atoms with Crippen molar-refractivity contribution in [2.75, 3.05) is 7.11 Å². The molecular weight excluding hydrogens is 242 g/mol. The molecule has 2 aromatic rings. The molecule has 17 heavy (non-hydrogen) atoms. The molecule has 1 atom stereocenters. The third-order valence-corrected chi connectivity index (χ3v) is 2.56. The van der Waals surface area contributed by atoms with Gasteiger partial charge in [-0.05, 0) is 6.07 Å². The Kier molecular flexibility index (Phi) is 3.51. The quantitative estimate of drug-likeness (QED) is 0.898. The van der Waals surface area contributed by atoms with Crippen molar-refractivity contribution in [3.05, 3.63) is 47.1 Å². The zero-order valence-corrected chi connectivity index (χ0v) is 9.80. The molecule has 1 unspecified atom stereocenters. The van der Waals surface area contributed by atoms with Gasteiger partial charge in [0.05, 0.1) is 12.1 Å². The monoisotopic (exact) mass is 251 g/mol. The maximum Gasteiger partial charge on any atom is 0.238 e. The van der Waals surface area contributed by atoms with Gasteiger partial charge < -0.3 is 9.84 Å². The van der Waals surface area contributed by atoms with Crippen LogP contribution in [0.25, 0.3) is 0 Å². The van der Waals surface area contributed by atoms with Crippen LogP contribution in [0.3, 0.4) is 0 Å². The van der Waals surface area contributed by atoms with Gasteiger partial charge in [0.25, 0.3) is 0 Å². The zero-order valence-electron chi connectivity index (χ0n) is 9.04. The van der Waals surface area contributed by atoms with Crippen molar-refractivity contribution in [1.82, 2.24) is 15.0 Å². The third kappa shape index (κ3) is 2.35. The minimum Gasteiger partial charge on any atom is -0.480 e. The molecule has 2 rings (SSSR count). The highest BCUT2D eigenvalue weighted by molar-refractivity contribution is 6.31. The van der Waals surface area contributed by atoms with Gasteiger partial charge in [0.15, 0.2) is 0 Å². The predicted octanol–water partition coefficient (Wildman–Crippen LogP) is 1.62. The lowest BCUT2D eigenvalue weighted by molar-refractivity contribution is 0.207. The average molecular weight is 252 g/mol. The van der Waals surface area contributed by atoms with Crippen LogP contribution in [0.4, 0.5) is 0 Å². The fraction of sp³-hybridized carbons (Fsp3) is 0.182. The second-order valence-corrected chi connectivity index (χ2v) is 3.66. The molecule has 2 heterocycles. The first-order chi connectivity index (χ1) is 8.24. The van der Waals surface area contributed by atoms with E-state index in [1.54, 1.807) is 12.3 Å². The molecule has 0 saturated heterocycles. The van der Waals surface area contributed by atoms with E-state index in [1.165, 1.54) is 25.7 Å². The second-order valence-electron chi connectivity index (χ2n) is 3.25. The summed E-state index contributed by atoms with van der Waals surface area (Å²) >= 11 is 5.95. The maximum absolute atomic E-state index is 10.2. The van der Waals surface area contributed by atoms with Crippen molar-refractivity contribution >= 4 is 11.6 Å². The van der Waals surface area contributed by atoms with E-state index in [-0.39, 0.29) is 5.88 Å². The number of aliphatic hydroxyl groups excluding tert-OH is 1. The molecule has 0 fully saturated rings. The minimum atomic E-state index is -0.992. The van der Waals surface area contributed by atoms with Crippen molar-refractivity contribution in [2.45, 2.75) is 6.10 Å². The van der Waals surface area contributed by atoms with E-state index in [0.29, 0.717) is 16.3 Å². The SMILES string of the molecule is COc1nccnc1C(O)c1ccncc1Cl. The van der Waals surface area contributed by atoms with Crippen LogP contribution in [0.5, 0.6) is 5.88 Å². The number of ether oxygens (including phenoxy) is 1. The summed E-state index contributed by atoms with van der Waals surface area (Å²) in [6, 6.07) is 1.63. The molecule has 0 saturated carbocycles. The number of nitrogens with zero attached hydrogens (tertiary/aromatic N) is 3. The van der Waals surface area contributed by atoms with Gasteiger partial charge >= 0.3 is 0 Å². The van der Waals surface area contributed by atoms with Gasteiger partial charge in [0.2, 0.25) is 5.88 Å². The first kappa shape index (κ1) is 11.8. The van der Waals surface area contributed by atoms with Crippen LogP contribution >= 0.6 is 11.6 Å². The van der Waals surface area contributed by atoms with Gasteiger partial charge in [-0.3, -0.25) is 9.97 Å². The second kappa shape index (κ2) is 5.07. The molecule has 0 bridgehead atoms. The van der Waals surface area contributed by atoms with Gasteiger partial charge in [-0.15, -0.1) is 0 Å². The Hall–Kier alpha value is -1.72. The highest BCUT2D eigenvalue weighted by atomic mass is 35.5. The van der Waals surface area contributed by atoms with E-state index in [1.807, 2.05) is 0 Å². The highest BCUT2D eigenvalue weighted by Crippen LogP contribution is 2.29. The van der Waals surface area contributed by atoms with E-state index in [2.05, 4.69) is 15.0 Å². The number of aliphatic hydroxyl groups is 1. The Morgan fingerprint density at radius 3 is 2.76 bits per heavy atom. The van der Waals surface area contributed by atoms with E-state index in [0.717, 1.165) is 0 Å². The van der Waals surface area contributed by atoms with Crippen molar-refractivity contribution < 1.29 is 9.84 Å². The smallest absolute Gasteiger partial charge is 0.238 e. The first-order valence-corrected chi connectivity index (χ1v) is 5.24. The van der Waals surface area contributed by atoms with Gasteiger partial charge in [0.1, 0.15) is 11.8 Å². The van der Waals surface area contributed by atoms with Crippen molar-refractivity contribution in [1.29, 1.82) is 0 Å². The molecule has 5 nitrogen and oxygen atoms in total. The largest absolute Gasteiger partial charge is 0.480 e. The molecule has 88 valence electrons. The molecule has 1 N–H and O–H groups in total. The molecule has 0 radical (unpaired) electrons. The minimum absolute atomic E-state index is 0.271. The molecule has 0 aliphatic rings. The van der Waals surface area contributed by atoms with Crippen molar-refractivity contribution in [3.63, 3.8) is 0 Å². The molecule has 0 aromatic carbocycles. The van der Waals surface area contributed by atoms with E-state index >= 15 is 0 Å². The number of pyridine rings is 1. The van der Waals surface area contributed by atoms with Gasteiger partial charge in [-0.1, -0.05) is 11.6 Å². The van der Waals surface area contributed by atoms with E-state index in [9.17, 15) is 5.11 Å². The van der Waals surface area contributed by atoms with Gasteiger partial charge in [-0.2, -0.15) is 0 Å². The number of methoxy groups -OCH3 is 1. The summed E-state index contributed by atoms with van der Waals surface area (Å²) in [7, 11) is 1.47. The van der Waals surface area contributed by atoms with Crippen LogP contribution in [0.1, 0.15) is 17.4 Å². The number of hydrogen-bond acceptors (Lipinski definition) is 5. The molecule has 0 aliphatic carbocycles. The van der Waals surface area contributed by atoms with E-state index < -0.39 is 6.10 Å². The van der Waals surface area contributed by atoms with Gasteiger partial charge in [-0.25, -0.2) is 4.98 Å². The summed E-state index contributed by atoms with van der Waals surface area (Å²) in [5.74, 6) is 0.271. The molecular formula is C11H10ClN3O2. The third-order valence-electron chi connectivity index (χ3n) is 2.24. The van der Waals surface area contributed by atoms with Crippen LogP contribution in [0.2, 0.25) is 5.02 Å². The highest BCUT2D eigenvalue weighted by Gasteiger charge is 2.20. The summed E-state index contributed by atoms with van der Waals surface area (Å²) in [6.45, 7) is 0. The number of rotatable bonds is 3. The number of hydrogen-bond donors (Lipinski definition) is 1. The fourth-order valence-corrected chi connectivity index (χ4v) is 1.66. The van der Waals surface area contributed by atoms with Gasteiger partial charge in [0, 0.05) is 30.4 Å².